The molecular weight excluding hydrogens is 733 g/mol. The minimum atomic E-state index is -4.74. The number of phosphoric acid groups is 1. The van der Waals surface area contributed by atoms with Gasteiger partial charge in [-0.25, -0.2) is 4.57 Å². The van der Waals surface area contributed by atoms with E-state index in [0.29, 0.717) is 19.3 Å². The molecule has 0 fully saturated rings. The molecule has 0 saturated carbocycles. The molecule has 0 spiro atoms. The number of aliphatic carboxylic acids is 1. The highest BCUT2D eigenvalue weighted by atomic mass is 31.2. The van der Waals surface area contributed by atoms with Gasteiger partial charge in [-0.2, -0.15) is 0 Å². The van der Waals surface area contributed by atoms with Crippen molar-refractivity contribution in [3.05, 3.63) is 72.9 Å². The van der Waals surface area contributed by atoms with Crippen molar-refractivity contribution in [1.29, 1.82) is 0 Å². The van der Waals surface area contributed by atoms with Gasteiger partial charge in [0.1, 0.15) is 12.6 Å². The number of carboxylic acid groups (broad SMARTS) is 1. The van der Waals surface area contributed by atoms with Gasteiger partial charge in [-0.15, -0.1) is 0 Å². The Morgan fingerprint density at radius 1 is 0.571 bits per heavy atom. The minimum absolute atomic E-state index is 0.0341. The summed E-state index contributed by atoms with van der Waals surface area (Å²) in [4.78, 5) is 45.8. The molecule has 11 nitrogen and oxygen atoms in total. The van der Waals surface area contributed by atoms with Crippen LogP contribution < -0.4 is 5.73 Å². The van der Waals surface area contributed by atoms with Crippen molar-refractivity contribution in [3.8, 4) is 0 Å². The second-order valence-electron chi connectivity index (χ2n) is 13.7. The molecule has 0 rings (SSSR count). The third-order valence-corrected chi connectivity index (χ3v) is 9.43. The van der Waals surface area contributed by atoms with E-state index >= 15 is 0 Å². The highest BCUT2D eigenvalue weighted by molar-refractivity contribution is 7.47. The monoisotopic (exact) mass is 808 g/mol. The molecule has 0 saturated heterocycles. The Bertz CT molecular complexity index is 1230. The highest BCUT2D eigenvalue weighted by Gasteiger charge is 2.28. The molecule has 0 aromatic rings. The summed E-state index contributed by atoms with van der Waals surface area (Å²) < 4.78 is 32.6. The molecule has 0 radical (unpaired) electrons. The fraction of sp³-hybridized carbons (Fsp3) is 0.659. The Morgan fingerprint density at radius 2 is 1.00 bits per heavy atom. The van der Waals surface area contributed by atoms with Crippen LogP contribution in [0.3, 0.4) is 0 Å². The number of carbonyl (C=O) groups excluding carboxylic acids is 2. The van der Waals surface area contributed by atoms with Gasteiger partial charge in [-0.3, -0.25) is 23.4 Å². The molecule has 0 aliphatic carbocycles. The topological polar surface area (TPSA) is 172 Å². The predicted octanol–water partition coefficient (Wildman–Crippen LogP) is 10.9. The number of hydrogen-bond acceptors (Lipinski definition) is 9. The lowest BCUT2D eigenvalue weighted by atomic mass is 10.0. The molecule has 3 atom stereocenters. The van der Waals surface area contributed by atoms with Crippen LogP contribution in [0.5, 0.6) is 0 Å². The van der Waals surface area contributed by atoms with Crippen molar-refractivity contribution in [2.45, 2.75) is 167 Å². The van der Waals surface area contributed by atoms with Crippen LogP contribution in [0.15, 0.2) is 72.9 Å². The second kappa shape index (κ2) is 38.8. The van der Waals surface area contributed by atoms with Gasteiger partial charge in [0.25, 0.3) is 0 Å². The molecule has 320 valence electrons. The fourth-order valence-corrected chi connectivity index (χ4v) is 5.99. The summed E-state index contributed by atoms with van der Waals surface area (Å²) >= 11 is 0. The normalized spacial score (nSPS) is 14.5. The first kappa shape index (κ1) is 52.9. The Labute approximate surface area is 338 Å². The van der Waals surface area contributed by atoms with Crippen LogP contribution in [0.2, 0.25) is 0 Å². The molecule has 12 heteroatoms. The van der Waals surface area contributed by atoms with E-state index in [-0.39, 0.29) is 19.4 Å². The van der Waals surface area contributed by atoms with Crippen LogP contribution in [0, 0.1) is 0 Å². The molecular formula is C44H74NO10P. The number of rotatable bonds is 38. The van der Waals surface area contributed by atoms with Crippen LogP contribution in [-0.4, -0.2) is 59.9 Å². The van der Waals surface area contributed by atoms with Gasteiger partial charge in [-0.05, 0) is 51.4 Å². The predicted molar refractivity (Wildman–Crippen MR) is 226 cm³/mol. The third kappa shape index (κ3) is 37.8. The maximum absolute atomic E-state index is 12.6. The Balaban J connectivity index is 4.53. The Hall–Kier alpha value is -3.08. The van der Waals surface area contributed by atoms with Crippen molar-refractivity contribution in [3.63, 3.8) is 0 Å². The Morgan fingerprint density at radius 3 is 1.46 bits per heavy atom. The summed E-state index contributed by atoms with van der Waals surface area (Å²) in [6.07, 6.45) is 45.5. The van der Waals surface area contributed by atoms with Crippen molar-refractivity contribution < 1.29 is 47.5 Å². The van der Waals surface area contributed by atoms with Crippen LogP contribution in [0.4, 0.5) is 0 Å². The lowest BCUT2D eigenvalue weighted by Crippen LogP contribution is -2.34. The number of nitrogens with two attached hydrogens (primary N) is 1. The van der Waals surface area contributed by atoms with Crippen LogP contribution in [0.1, 0.15) is 155 Å². The third-order valence-electron chi connectivity index (χ3n) is 8.48. The number of carbonyl (C=O) groups is 3. The standard InChI is InChI=1S/C44H74NO10P/c1-3-5-7-9-11-13-15-17-18-19-20-21-22-24-26-28-30-32-34-36-43(47)55-40(38-53-56(50,51)54-39-41(45)44(48)49)37-52-42(46)35-33-31-29-27-25-23-16-14-12-10-8-6-4-2/h5,7,11,13,17-18,20-21,24,26,30,32,40-41H,3-4,6,8-10,12,14-16,19,22-23,25,27-29,31,33-39,45H2,1-2H3,(H,48,49)(H,50,51)/b7-5-,13-11-,18-17-,21-20-,26-24-,32-30-. The maximum atomic E-state index is 12.6. The largest absolute Gasteiger partial charge is 0.480 e. The fourth-order valence-electron chi connectivity index (χ4n) is 5.21. The highest BCUT2D eigenvalue weighted by Crippen LogP contribution is 2.43. The van der Waals surface area contributed by atoms with Gasteiger partial charge in [0, 0.05) is 12.8 Å². The second-order valence-corrected chi connectivity index (χ2v) is 15.2. The molecule has 0 bridgehead atoms. The number of phosphoric ester groups is 1. The molecule has 4 N–H and O–H groups in total. The van der Waals surface area contributed by atoms with Crippen molar-refractivity contribution in [2.75, 3.05) is 19.8 Å². The number of ether oxygens (including phenoxy) is 2. The molecule has 0 aliphatic heterocycles. The van der Waals surface area contributed by atoms with Gasteiger partial charge in [0.15, 0.2) is 6.10 Å². The minimum Gasteiger partial charge on any atom is -0.480 e. The van der Waals surface area contributed by atoms with Gasteiger partial charge in [-0.1, -0.05) is 164 Å². The maximum Gasteiger partial charge on any atom is 0.472 e. The number of unbranched alkanes of at least 4 members (excludes halogenated alkanes) is 12. The molecule has 3 unspecified atom stereocenters. The molecule has 0 aromatic heterocycles. The first-order chi connectivity index (χ1) is 27.1. The van der Waals surface area contributed by atoms with E-state index in [1.165, 1.54) is 57.8 Å². The number of carboxylic acids is 1. The van der Waals surface area contributed by atoms with E-state index in [4.69, 9.17) is 24.8 Å². The zero-order valence-corrected chi connectivity index (χ0v) is 35.3. The van der Waals surface area contributed by atoms with E-state index < -0.39 is 51.1 Å². The first-order valence-electron chi connectivity index (χ1n) is 21.0. The summed E-state index contributed by atoms with van der Waals surface area (Å²) in [5, 5.41) is 8.88. The van der Waals surface area contributed by atoms with Gasteiger partial charge < -0.3 is 25.2 Å². The van der Waals surface area contributed by atoms with Gasteiger partial charge in [0.05, 0.1) is 13.2 Å². The van der Waals surface area contributed by atoms with Gasteiger partial charge in [0.2, 0.25) is 0 Å². The average molecular weight is 808 g/mol. The quantitative estimate of drug-likeness (QED) is 0.0235. The van der Waals surface area contributed by atoms with Gasteiger partial charge >= 0.3 is 25.7 Å². The summed E-state index contributed by atoms with van der Waals surface area (Å²) in [5.74, 6) is -2.49. The molecule has 0 heterocycles. The van der Waals surface area contributed by atoms with E-state index in [1.807, 2.05) is 18.2 Å². The van der Waals surface area contributed by atoms with E-state index in [2.05, 4.69) is 73.1 Å². The Kier molecular flexibility index (Phi) is 36.6. The molecule has 0 amide bonds. The van der Waals surface area contributed by atoms with Crippen LogP contribution in [-0.2, 0) is 37.5 Å². The van der Waals surface area contributed by atoms with E-state index in [1.54, 1.807) is 0 Å². The van der Waals surface area contributed by atoms with Crippen molar-refractivity contribution >= 4 is 25.7 Å². The average Bonchev–Trinajstić information content (AvgIpc) is 3.17. The number of hydrogen-bond donors (Lipinski definition) is 3. The SMILES string of the molecule is CC/C=C\C/C=C\C/C=C\C/C=C\C/C=C\C/C=C\CCC(=O)OC(COC(=O)CCCCCCCCCCCCCCC)COP(=O)(O)OCC(N)C(=O)O. The molecule has 56 heavy (non-hydrogen) atoms. The lowest BCUT2D eigenvalue weighted by Gasteiger charge is -2.20. The van der Waals surface area contributed by atoms with E-state index in [0.717, 1.165) is 51.4 Å². The zero-order valence-electron chi connectivity index (χ0n) is 34.4. The van der Waals surface area contributed by atoms with Crippen LogP contribution in [0.25, 0.3) is 0 Å². The van der Waals surface area contributed by atoms with Crippen molar-refractivity contribution in [1.82, 2.24) is 0 Å². The van der Waals surface area contributed by atoms with Crippen molar-refractivity contribution in [2.24, 2.45) is 5.73 Å². The number of allylic oxidation sites excluding steroid dienone is 12. The number of esters is 2. The summed E-state index contributed by atoms with van der Waals surface area (Å²) in [6.45, 7) is 2.60. The van der Waals surface area contributed by atoms with E-state index in [9.17, 15) is 23.8 Å². The molecule has 0 aromatic carbocycles. The molecule has 0 aliphatic rings. The zero-order chi connectivity index (χ0) is 41.4. The summed E-state index contributed by atoms with van der Waals surface area (Å²) in [6, 6.07) is -1.53. The summed E-state index contributed by atoms with van der Waals surface area (Å²) in [7, 11) is -4.74. The summed E-state index contributed by atoms with van der Waals surface area (Å²) in [5.41, 5.74) is 5.32. The lowest BCUT2D eigenvalue weighted by molar-refractivity contribution is -0.161. The smallest absolute Gasteiger partial charge is 0.472 e. The first-order valence-corrected chi connectivity index (χ1v) is 22.5. The van der Waals surface area contributed by atoms with Crippen LogP contribution >= 0.6 is 7.82 Å².